The number of nitro benzene ring substituents is 3. The van der Waals surface area contributed by atoms with E-state index >= 15 is 0 Å². The van der Waals surface area contributed by atoms with Crippen molar-refractivity contribution >= 4 is 87.7 Å². The topological polar surface area (TPSA) is 645 Å². The van der Waals surface area contributed by atoms with Gasteiger partial charge in [-0.2, -0.15) is 0 Å². The maximum Gasteiger partial charge on any atom is 0.311 e. The summed E-state index contributed by atoms with van der Waals surface area (Å²) < 4.78 is 0. The number of hydrogen-bond acceptors (Lipinski definition) is 20. The second-order valence-corrected chi connectivity index (χ2v) is 14.1. The van der Waals surface area contributed by atoms with Gasteiger partial charge < -0.3 is 99.0 Å². The lowest BCUT2D eigenvalue weighted by Crippen LogP contribution is -2.58. The summed E-state index contributed by atoms with van der Waals surface area (Å²) in [7, 11) is 0. The van der Waals surface area contributed by atoms with Crippen LogP contribution in [0.15, 0.2) is 80.6 Å². The molecular formula is C35H45N23O14. The van der Waals surface area contributed by atoms with Crippen LogP contribution in [0.3, 0.4) is 0 Å². The number of benzene rings is 3. The summed E-state index contributed by atoms with van der Waals surface area (Å²) in [5.41, 5.74) is 49.6. The van der Waals surface area contributed by atoms with Crippen molar-refractivity contribution < 1.29 is 53.8 Å². The third kappa shape index (κ3) is 15.3. The Balaban J connectivity index is 2.07. The van der Waals surface area contributed by atoms with Gasteiger partial charge in [0.05, 0.1) is 20.8 Å². The monoisotopic (exact) mass is 1010 g/mol. The van der Waals surface area contributed by atoms with Crippen molar-refractivity contribution in [1.82, 2.24) is 26.6 Å². The SMILES string of the molecule is NC(=O)C(N=C(N)N)NC(=O)C(N=C(N)N)NC(=O)C(N=C(N)N)NC(=O)C(N=C(N)N)NC(=O)C(NC(=O)C(O)N(Cc1ccc(O)c([N+](=O)[O-])c1)c1cc(N)c([N+](=O)[O-])cc1[N+](=O)[O-])c1ccccc1. The maximum absolute atomic E-state index is 14.2. The van der Waals surface area contributed by atoms with Crippen molar-refractivity contribution in [2.75, 3.05) is 10.6 Å². The molecular weight excluding hydrogens is 967 g/mol. The number of amides is 6. The number of aliphatic imine (C=N–C) groups is 4. The number of aromatic hydroxyl groups is 1. The molecule has 0 heterocycles. The zero-order chi connectivity index (χ0) is 54.3. The molecule has 3 aromatic rings. The average Bonchev–Trinajstić information content (AvgIpc) is 3.28. The van der Waals surface area contributed by atoms with Crippen molar-refractivity contribution in [3.05, 3.63) is 102 Å². The normalized spacial score (nSPS) is 13.0. The number of hydrogen-bond donors (Lipinski definition) is 17. The fourth-order valence-corrected chi connectivity index (χ4v) is 5.83. The van der Waals surface area contributed by atoms with Gasteiger partial charge in [0.15, 0.2) is 29.6 Å². The van der Waals surface area contributed by atoms with Crippen molar-refractivity contribution in [3.63, 3.8) is 0 Å². The molecule has 27 N–H and O–H groups in total. The summed E-state index contributed by atoms with van der Waals surface area (Å²) in [5, 5.41) is 67.4. The van der Waals surface area contributed by atoms with Crippen LogP contribution in [-0.2, 0) is 35.3 Å². The molecule has 3 rings (SSSR count). The molecule has 0 saturated heterocycles. The van der Waals surface area contributed by atoms with Crippen LogP contribution < -0.4 is 88.8 Å². The van der Waals surface area contributed by atoms with E-state index in [1.807, 2.05) is 16.0 Å². The number of rotatable bonds is 23. The number of nitrogens with two attached hydrogens (primary N) is 10. The minimum atomic E-state index is -2.66. The number of carbonyl (C=O) groups is 6. The van der Waals surface area contributed by atoms with E-state index in [0.29, 0.717) is 17.0 Å². The lowest BCUT2D eigenvalue weighted by atomic mass is 10.1. The Bertz CT molecular complexity index is 2740. The van der Waals surface area contributed by atoms with E-state index in [9.17, 15) is 69.3 Å². The molecule has 0 aliphatic carbocycles. The summed E-state index contributed by atoms with van der Waals surface area (Å²) in [6.45, 7) is -0.865. The predicted molar refractivity (Wildman–Crippen MR) is 249 cm³/mol. The van der Waals surface area contributed by atoms with Crippen molar-refractivity contribution in [3.8, 4) is 5.75 Å². The summed E-state index contributed by atoms with van der Waals surface area (Å²) >= 11 is 0. The Morgan fingerprint density at radius 1 is 0.556 bits per heavy atom. The van der Waals surface area contributed by atoms with E-state index in [2.05, 4.69) is 30.6 Å². The number of aliphatic hydroxyl groups excluding tert-OH is 1. The smallest absolute Gasteiger partial charge is 0.311 e. The van der Waals surface area contributed by atoms with Gasteiger partial charge in [-0.1, -0.05) is 36.4 Å². The summed E-state index contributed by atoms with van der Waals surface area (Å²) in [6, 6.07) is 8.49. The highest BCUT2D eigenvalue weighted by Crippen LogP contribution is 2.39. The highest BCUT2D eigenvalue weighted by atomic mass is 16.6. The lowest BCUT2D eigenvalue weighted by Gasteiger charge is -2.30. The second kappa shape index (κ2) is 24.2. The highest BCUT2D eigenvalue weighted by Gasteiger charge is 2.37. The number of nitro groups is 3. The predicted octanol–water partition coefficient (Wildman–Crippen LogP) is -7.77. The third-order valence-electron chi connectivity index (χ3n) is 8.87. The van der Waals surface area contributed by atoms with Crippen molar-refractivity contribution in [1.29, 1.82) is 0 Å². The van der Waals surface area contributed by atoms with Gasteiger partial charge in [-0.15, -0.1) is 0 Å². The number of nitrogen functional groups attached to an aromatic ring is 1. The molecule has 37 nitrogen and oxygen atoms in total. The number of phenolic OH excluding ortho intramolecular Hbond substituents is 1. The van der Waals surface area contributed by atoms with E-state index in [1.54, 1.807) is 0 Å². The van der Waals surface area contributed by atoms with Crippen LogP contribution in [0, 0.1) is 30.3 Å². The summed E-state index contributed by atoms with van der Waals surface area (Å²) in [5.74, 6) is -12.8. The van der Waals surface area contributed by atoms with Gasteiger partial charge in [0, 0.05) is 12.6 Å². The minimum absolute atomic E-state index is 0.106. The number of nitrogens with zero attached hydrogens (tertiary/aromatic N) is 8. The molecule has 6 unspecified atom stereocenters. The van der Waals surface area contributed by atoms with Crippen LogP contribution in [0.2, 0.25) is 0 Å². The largest absolute Gasteiger partial charge is 0.502 e. The first-order valence-electron chi connectivity index (χ1n) is 19.5. The van der Waals surface area contributed by atoms with Crippen LogP contribution in [0.1, 0.15) is 17.2 Å². The Morgan fingerprint density at radius 2 is 0.986 bits per heavy atom. The van der Waals surface area contributed by atoms with Gasteiger partial charge in [0.1, 0.15) is 17.4 Å². The van der Waals surface area contributed by atoms with Gasteiger partial charge >= 0.3 is 5.69 Å². The zero-order valence-electron chi connectivity index (χ0n) is 36.6. The molecule has 3 aromatic carbocycles. The van der Waals surface area contributed by atoms with Crippen LogP contribution in [0.5, 0.6) is 5.75 Å². The molecule has 0 fully saturated rings. The molecule has 0 aliphatic rings. The number of nitrogens with one attached hydrogen (secondary N) is 5. The van der Waals surface area contributed by atoms with Gasteiger partial charge in [-0.3, -0.25) is 59.1 Å². The number of aliphatic hydroxyl groups is 1. The number of anilines is 2. The molecule has 0 aromatic heterocycles. The van der Waals surface area contributed by atoms with Gasteiger partial charge in [0.2, 0.25) is 36.8 Å². The number of guanidine groups is 4. The average molecular weight is 1010 g/mol. The molecule has 0 radical (unpaired) electrons. The quantitative estimate of drug-likeness (QED) is 0.0105. The van der Waals surface area contributed by atoms with E-state index in [1.165, 1.54) is 30.3 Å². The number of phenols is 1. The van der Waals surface area contributed by atoms with E-state index in [0.717, 1.165) is 18.2 Å². The minimum Gasteiger partial charge on any atom is -0.502 e. The number of primary amides is 1. The van der Waals surface area contributed by atoms with Crippen LogP contribution in [0.4, 0.5) is 28.4 Å². The van der Waals surface area contributed by atoms with Gasteiger partial charge in [-0.05, 0) is 23.3 Å². The van der Waals surface area contributed by atoms with Crippen LogP contribution in [0.25, 0.3) is 0 Å². The highest BCUT2D eigenvalue weighted by molar-refractivity contribution is 5.99. The molecule has 6 amide bonds. The fraction of sp³-hybridized carbons (Fsp3) is 0.200. The standard InChI is InChI=1S/C35H45N23O14/c36-14-9-16(17(57(69)70)10-15(14)56(67)68)55(11-12-6-7-19(59)18(8-12)58(71)72)31(66)30(65)46-20(13-4-2-1-3-5-13)26(61)48-23(52-33(40)41)28(63)50-25(54-35(44)45)29(64)49-24(53-34(42)43)27(62)47-22(21(37)60)51-32(38)39/h1-10,20,22-25,31,59,66H,11,36H2,(H2,37,60)(H,46,65)(H,47,62)(H,48,61)(H,49,64)(H,50,63)(H4,38,39,51)(H4,40,41,52)(H4,42,43,53)(H4,44,45,54). The Morgan fingerprint density at radius 3 is 1.42 bits per heavy atom. The Labute approximate surface area is 401 Å². The fourth-order valence-electron chi connectivity index (χ4n) is 5.83. The molecule has 0 saturated carbocycles. The Kier molecular flexibility index (Phi) is 18.7. The molecule has 384 valence electrons. The first-order valence-corrected chi connectivity index (χ1v) is 19.5. The van der Waals surface area contributed by atoms with E-state index in [-0.39, 0.29) is 11.1 Å². The maximum atomic E-state index is 14.2. The molecule has 6 atom stereocenters. The van der Waals surface area contributed by atoms with Crippen molar-refractivity contribution in [2.24, 2.45) is 71.6 Å². The molecule has 0 spiro atoms. The second-order valence-electron chi connectivity index (χ2n) is 14.1. The van der Waals surface area contributed by atoms with Crippen LogP contribution in [-0.4, -0.2) is 115 Å². The van der Waals surface area contributed by atoms with Gasteiger partial charge in [-0.25, -0.2) is 20.0 Å². The third-order valence-corrected chi connectivity index (χ3v) is 8.87. The molecule has 72 heavy (non-hydrogen) atoms. The Hall–Kier alpha value is -10.9. The van der Waals surface area contributed by atoms with E-state index in [4.69, 9.17) is 57.3 Å². The summed E-state index contributed by atoms with van der Waals surface area (Å²) in [4.78, 5) is 127. The zero-order valence-corrected chi connectivity index (χ0v) is 36.6. The summed E-state index contributed by atoms with van der Waals surface area (Å²) in [6.07, 6.45) is -11.3. The van der Waals surface area contributed by atoms with E-state index < -0.39 is 152 Å². The molecule has 0 aliphatic heterocycles. The molecule has 37 heteroatoms. The van der Waals surface area contributed by atoms with Crippen molar-refractivity contribution in [2.45, 2.75) is 43.5 Å². The first kappa shape index (κ1) is 55.4. The molecule has 0 bridgehead atoms. The first-order chi connectivity index (χ1) is 33.6. The number of carbonyl (C=O) groups excluding carboxylic acids is 6. The van der Waals surface area contributed by atoms with Crippen LogP contribution >= 0.6 is 0 Å². The van der Waals surface area contributed by atoms with Gasteiger partial charge in [0.25, 0.3) is 40.9 Å². The lowest BCUT2D eigenvalue weighted by molar-refractivity contribution is -0.393.